The Morgan fingerprint density at radius 2 is 1.78 bits per heavy atom. The van der Waals surface area contributed by atoms with Gasteiger partial charge >= 0.3 is 5.97 Å². The number of benzene rings is 1. The molecule has 0 aromatic heterocycles. The third-order valence-corrected chi connectivity index (χ3v) is 5.73. The van der Waals surface area contributed by atoms with Crippen molar-refractivity contribution in [2.45, 2.75) is 52.0 Å². The molecular weight excluding hydrogens is 290 g/mol. The van der Waals surface area contributed by atoms with Gasteiger partial charge in [-0.2, -0.15) is 0 Å². The second-order valence-corrected chi connectivity index (χ2v) is 7.09. The topological polar surface area (TPSA) is 57.6 Å². The molecule has 0 radical (unpaired) electrons. The van der Waals surface area contributed by atoms with Gasteiger partial charge in [0, 0.05) is 13.1 Å². The Morgan fingerprint density at radius 3 is 2.43 bits per heavy atom. The molecule has 23 heavy (non-hydrogen) atoms. The number of aliphatic carboxylic acids is 1. The van der Waals surface area contributed by atoms with Gasteiger partial charge in [-0.1, -0.05) is 43.5 Å². The number of carbonyl (C=O) groups excluding carboxylic acids is 1. The Kier molecular flexibility index (Phi) is 4.42. The summed E-state index contributed by atoms with van der Waals surface area (Å²) in [5.41, 5.74) is 1.13. The molecule has 1 N–H and O–H groups in total. The summed E-state index contributed by atoms with van der Waals surface area (Å²) in [4.78, 5) is 26.9. The predicted molar refractivity (Wildman–Crippen MR) is 87.9 cm³/mol. The highest BCUT2D eigenvalue weighted by Gasteiger charge is 2.50. The number of fused-ring (bicyclic) bond motifs is 1. The largest absolute Gasteiger partial charge is 0.480 e. The van der Waals surface area contributed by atoms with E-state index in [4.69, 9.17) is 0 Å². The first-order chi connectivity index (χ1) is 11.0. The molecule has 1 amide bonds. The fraction of sp³-hybridized carbons (Fsp3) is 0.579. The van der Waals surface area contributed by atoms with E-state index in [0.717, 1.165) is 44.1 Å². The van der Waals surface area contributed by atoms with E-state index >= 15 is 0 Å². The SMILES string of the molecule is CC(C(=O)O)(C(=O)N1CCc2ccccc2C1)C1CCCCC1. The van der Waals surface area contributed by atoms with E-state index < -0.39 is 11.4 Å². The maximum atomic E-state index is 13.1. The molecule has 1 aromatic carbocycles. The Balaban J connectivity index is 1.83. The standard InChI is InChI=1S/C19H25NO3/c1-19(18(22)23,16-9-3-2-4-10-16)17(21)20-12-11-14-7-5-6-8-15(14)13-20/h5-8,16H,2-4,9-13H2,1H3,(H,22,23). The predicted octanol–water partition coefficient (Wildman–Crippen LogP) is 3.24. The maximum Gasteiger partial charge on any atom is 0.319 e. The lowest BCUT2D eigenvalue weighted by atomic mass is 9.68. The molecule has 124 valence electrons. The summed E-state index contributed by atoms with van der Waals surface area (Å²) in [7, 11) is 0. The lowest BCUT2D eigenvalue weighted by Crippen LogP contribution is -2.52. The third-order valence-electron chi connectivity index (χ3n) is 5.73. The quantitative estimate of drug-likeness (QED) is 0.871. The van der Waals surface area contributed by atoms with Crippen LogP contribution < -0.4 is 0 Å². The molecule has 0 bridgehead atoms. The Bertz CT molecular complexity index is 606. The summed E-state index contributed by atoms with van der Waals surface area (Å²) in [5.74, 6) is -1.21. The number of hydrogen-bond acceptors (Lipinski definition) is 2. The number of rotatable bonds is 3. The summed E-state index contributed by atoms with van der Waals surface area (Å²) in [6.45, 7) is 2.80. The van der Waals surface area contributed by atoms with Crippen molar-refractivity contribution in [2.75, 3.05) is 6.54 Å². The van der Waals surface area contributed by atoms with Crippen LogP contribution in [0.15, 0.2) is 24.3 Å². The smallest absolute Gasteiger partial charge is 0.319 e. The van der Waals surface area contributed by atoms with Gasteiger partial charge in [0.1, 0.15) is 5.41 Å². The van der Waals surface area contributed by atoms with Crippen LogP contribution in [-0.2, 0) is 22.6 Å². The molecule has 1 heterocycles. The molecule has 1 fully saturated rings. The maximum absolute atomic E-state index is 13.1. The van der Waals surface area contributed by atoms with Gasteiger partial charge in [0.15, 0.2) is 0 Å². The molecule has 0 saturated heterocycles. The van der Waals surface area contributed by atoms with Crippen molar-refractivity contribution in [1.82, 2.24) is 4.90 Å². The normalized spacial score (nSPS) is 21.3. The summed E-state index contributed by atoms with van der Waals surface area (Å²) in [6, 6.07) is 8.12. The van der Waals surface area contributed by atoms with Gasteiger partial charge in [-0.05, 0) is 43.2 Å². The lowest BCUT2D eigenvalue weighted by molar-refractivity contribution is -0.165. The fourth-order valence-electron chi connectivity index (χ4n) is 4.12. The molecule has 4 nitrogen and oxygen atoms in total. The first kappa shape index (κ1) is 16.0. The Labute approximate surface area is 137 Å². The van der Waals surface area contributed by atoms with Crippen molar-refractivity contribution in [3.8, 4) is 0 Å². The summed E-state index contributed by atoms with van der Waals surface area (Å²) < 4.78 is 0. The zero-order chi connectivity index (χ0) is 16.4. The van der Waals surface area contributed by atoms with E-state index in [1.54, 1.807) is 11.8 Å². The molecule has 1 aliphatic carbocycles. The van der Waals surface area contributed by atoms with Gasteiger partial charge in [0.25, 0.3) is 0 Å². The molecule has 1 aliphatic heterocycles. The minimum Gasteiger partial charge on any atom is -0.480 e. The number of carbonyl (C=O) groups is 2. The monoisotopic (exact) mass is 315 g/mol. The molecule has 1 atom stereocenters. The van der Waals surface area contributed by atoms with Gasteiger partial charge in [-0.3, -0.25) is 9.59 Å². The number of amides is 1. The van der Waals surface area contributed by atoms with E-state index in [1.165, 1.54) is 5.56 Å². The summed E-state index contributed by atoms with van der Waals surface area (Å²) in [5, 5.41) is 9.83. The van der Waals surface area contributed by atoms with Gasteiger partial charge in [-0.25, -0.2) is 0 Å². The van der Waals surface area contributed by atoms with E-state index in [9.17, 15) is 14.7 Å². The molecule has 4 heteroatoms. The molecule has 1 aromatic rings. The second-order valence-electron chi connectivity index (χ2n) is 7.09. The summed E-state index contributed by atoms with van der Waals surface area (Å²) in [6.07, 6.45) is 5.71. The van der Waals surface area contributed by atoms with E-state index in [0.29, 0.717) is 13.1 Å². The Hall–Kier alpha value is -1.84. The first-order valence-corrected chi connectivity index (χ1v) is 8.63. The van der Waals surface area contributed by atoms with Gasteiger partial charge in [0.2, 0.25) is 5.91 Å². The van der Waals surface area contributed by atoms with Crippen molar-refractivity contribution in [2.24, 2.45) is 11.3 Å². The van der Waals surface area contributed by atoms with Crippen LogP contribution >= 0.6 is 0 Å². The number of carboxylic acids is 1. The van der Waals surface area contributed by atoms with Crippen LogP contribution in [0, 0.1) is 11.3 Å². The van der Waals surface area contributed by atoms with Crippen molar-refractivity contribution in [3.63, 3.8) is 0 Å². The highest BCUT2D eigenvalue weighted by molar-refractivity contribution is 6.02. The van der Waals surface area contributed by atoms with E-state index in [2.05, 4.69) is 6.07 Å². The molecule has 1 saturated carbocycles. The van der Waals surface area contributed by atoms with Crippen LogP contribution in [0.1, 0.15) is 50.2 Å². The van der Waals surface area contributed by atoms with Crippen LogP contribution in [0.2, 0.25) is 0 Å². The highest BCUT2D eigenvalue weighted by atomic mass is 16.4. The number of hydrogen-bond donors (Lipinski definition) is 1. The van der Waals surface area contributed by atoms with Crippen LogP contribution in [-0.4, -0.2) is 28.4 Å². The van der Waals surface area contributed by atoms with Crippen LogP contribution in [0.25, 0.3) is 0 Å². The zero-order valence-corrected chi connectivity index (χ0v) is 13.8. The zero-order valence-electron chi connectivity index (χ0n) is 13.8. The van der Waals surface area contributed by atoms with Crippen molar-refractivity contribution in [1.29, 1.82) is 0 Å². The fourth-order valence-corrected chi connectivity index (χ4v) is 4.12. The van der Waals surface area contributed by atoms with E-state index in [-0.39, 0.29) is 11.8 Å². The average Bonchev–Trinajstić information content (AvgIpc) is 2.60. The van der Waals surface area contributed by atoms with Crippen LogP contribution in [0.5, 0.6) is 0 Å². The first-order valence-electron chi connectivity index (χ1n) is 8.63. The molecule has 1 unspecified atom stereocenters. The molecule has 0 spiro atoms. The van der Waals surface area contributed by atoms with Crippen molar-refractivity contribution >= 4 is 11.9 Å². The van der Waals surface area contributed by atoms with Gasteiger partial charge in [-0.15, -0.1) is 0 Å². The average molecular weight is 315 g/mol. The second kappa shape index (κ2) is 6.34. The number of nitrogens with zero attached hydrogens (tertiary/aromatic N) is 1. The lowest BCUT2D eigenvalue weighted by Gasteiger charge is -2.40. The van der Waals surface area contributed by atoms with Crippen LogP contribution in [0.4, 0.5) is 0 Å². The van der Waals surface area contributed by atoms with Gasteiger partial charge in [0.05, 0.1) is 0 Å². The van der Waals surface area contributed by atoms with Crippen molar-refractivity contribution in [3.05, 3.63) is 35.4 Å². The van der Waals surface area contributed by atoms with E-state index in [1.807, 2.05) is 18.2 Å². The third kappa shape index (κ3) is 2.87. The highest BCUT2D eigenvalue weighted by Crippen LogP contribution is 2.41. The molecular formula is C19H25NO3. The Morgan fingerprint density at radius 1 is 1.13 bits per heavy atom. The minimum atomic E-state index is -1.29. The molecule has 3 rings (SSSR count). The minimum absolute atomic E-state index is 0.0431. The van der Waals surface area contributed by atoms with Crippen molar-refractivity contribution < 1.29 is 14.7 Å². The summed E-state index contributed by atoms with van der Waals surface area (Å²) >= 11 is 0. The molecule has 2 aliphatic rings. The van der Waals surface area contributed by atoms with Crippen LogP contribution in [0.3, 0.4) is 0 Å². The number of carboxylic acid groups (broad SMARTS) is 1. The van der Waals surface area contributed by atoms with Gasteiger partial charge < -0.3 is 10.0 Å².